The summed E-state index contributed by atoms with van der Waals surface area (Å²) in [5.74, 6) is 1.19. The van der Waals surface area contributed by atoms with E-state index in [1.54, 1.807) is 0 Å². The van der Waals surface area contributed by atoms with Gasteiger partial charge in [0.15, 0.2) is 5.65 Å². The summed E-state index contributed by atoms with van der Waals surface area (Å²) in [7, 11) is 0. The van der Waals surface area contributed by atoms with Crippen LogP contribution in [0.15, 0.2) is 36.4 Å². The van der Waals surface area contributed by atoms with Crippen LogP contribution in [0.1, 0.15) is 59.0 Å². The third-order valence-electron chi connectivity index (χ3n) is 7.30. The van der Waals surface area contributed by atoms with Crippen LogP contribution in [-0.2, 0) is 13.0 Å². The van der Waals surface area contributed by atoms with Crippen LogP contribution in [0.2, 0.25) is 5.02 Å². The number of nitrogens with zero attached hydrogens (tertiary/aromatic N) is 4. The lowest BCUT2D eigenvalue weighted by molar-refractivity contribution is 0.496. The molecule has 0 bridgehead atoms. The van der Waals surface area contributed by atoms with E-state index in [1.165, 1.54) is 39.2 Å². The minimum absolute atomic E-state index is 0.451. The smallest absolute Gasteiger partial charge is 0.165 e. The van der Waals surface area contributed by atoms with Crippen LogP contribution in [0.25, 0.3) is 16.8 Å². The molecule has 0 spiro atoms. The van der Waals surface area contributed by atoms with E-state index in [4.69, 9.17) is 21.7 Å². The van der Waals surface area contributed by atoms with Crippen molar-refractivity contribution in [3.63, 3.8) is 0 Å². The highest BCUT2D eigenvalue weighted by molar-refractivity contribution is 6.30. The lowest BCUT2D eigenvalue weighted by Crippen LogP contribution is -2.40. The summed E-state index contributed by atoms with van der Waals surface area (Å²) in [4.78, 5) is 7.69. The van der Waals surface area contributed by atoms with Gasteiger partial charge >= 0.3 is 0 Å². The van der Waals surface area contributed by atoms with Gasteiger partial charge in [0, 0.05) is 28.9 Å². The third-order valence-corrected chi connectivity index (χ3v) is 7.53. The topological polar surface area (TPSA) is 33.4 Å². The second-order valence-electron chi connectivity index (χ2n) is 9.83. The molecule has 34 heavy (non-hydrogen) atoms. The van der Waals surface area contributed by atoms with Gasteiger partial charge in [0.05, 0.1) is 11.3 Å². The molecule has 0 saturated carbocycles. The van der Waals surface area contributed by atoms with Crippen molar-refractivity contribution in [2.24, 2.45) is 0 Å². The van der Waals surface area contributed by atoms with Gasteiger partial charge in [-0.3, -0.25) is 0 Å². The molecule has 2 aromatic carbocycles. The molecule has 5 heteroatoms. The SMILES string of the molecule is CCC1CCc2c(C)nc3c(-c4c(C)cc(C)cc4C)c(C)nn3c2N1Cc1cccc(Cl)c1. The maximum Gasteiger partial charge on any atom is 0.165 e. The number of halogens is 1. The van der Waals surface area contributed by atoms with E-state index in [0.29, 0.717) is 6.04 Å². The number of benzene rings is 2. The fraction of sp³-hybridized carbons (Fsp3) is 0.379. The molecule has 3 heterocycles. The average molecular weight is 473 g/mol. The second kappa shape index (κ2) is 8.74. The summed E-state index contributed by atoms with van der Waals surface area (Å²) in [5, 5.41) is 5.89. The Balaban J connectivity index is 1.76. The highest BCUT2D eigenvalue weighted by Crippen LogP contribution is 2.40. The standard InChI is InChI=1S/C29H33ClN4/c1-7-24-11-12-25-20(5)31-28-27(26-18(3)13-17(2)14-19(26)4)21(6)32-34(28)29(25)33(24)16-22-9-8-10-23(30)15-22/h8-10,13-15,24H,7,11-12,16H2,1-6H3. The predicted molar refractivity (Wildman–Crippen MR) is 142 cm³/mol. The number of rotatable bonds is 4. The van der Waals surface area contributed by atoms with E-state index in [9.17, 15) is 0 Å². The predicted octanol–water partition coefficient (Wildman–Crippen LogP) is 7.32. The second-order valence-corrected chi connectivity index (χ2v) is 10.3. The molecule has 0 radical (unpaired) electrons. The molecule has 4 aromatic rings. The largest absolute Gasteiger partial charge is 0.349 e. The van der Waals surface area contributed by atoms with Crippen molar-refractivity contribution in [1.82, 2.24) is 14.6 Å². The van der Waals surface area contributed by atoms with Crippen LogP contribution in [-0.4, -0.2) is 20.6 Å². The number of aryl methyl sites for hydroxylation is 5. The molecular formula is C29H33ClN4. The number of hydrogen-bond donors (Lipinski definition) is 0. The molecule has 5 rings (SSSR count). The van der Waals surface area contributed by atoms with E-state index in [2.05, 4.69) is 75.2 Å². The first-order valence-corrected chi connectivity index (χ1v) is 12.6. The van der Waals surface area contributed by atoms with Gasteiger partial charge in [-0.05, 0) is 88.3 Å². The van der Waals surface area contributed by atoms with Gasteiger partial charge in [-0.2, -0.15) is 9.61 Å². The summed E-state index contributed by atoms with van der Waals surface area (Å²) in [6.07, 6.45) is 3.25. The number of fused-ring (bicyclic) bond motifs is 3. The molecular weight excluding hydrogens is 440 g/mol. The average Bonchev–Trinajstić information content (AvgIpc) is 3.09. The molecule has 2 aromatic heterocycles. The van der Waals surface area contributed by atoms with E-state index < -0.39 is 0 Å². The summed E-state index contributed by atoms with van der Waals surface area (Å²) in [6.45, 7) is 13.9. The minimum Gasteiger partial charge on any atom is -0.349 e. The van der Waals surface area contributed by atoms with E-state index in [0.717, 1.165) is 53.4 Å². The number of hydrogen-bond acceptors (Lipinski definition) is 3. The maximum atomic E-state index is 6.34. The molecule has 1 atom stereocenters. The maximum absolute atomic E-state index is 6.34. The van der Waals surface area contributed by atoms with Gasteiger partial charge in [0.25, 0.3) is 0 Å². The third kappa shape index (κ3) is 3.78. The first kappa shape index (κ1) is 22.9. The first-order chi connectivity index (χ1) is 16.3. The van der Waals surface area contributed by atoms with Crippen molar-refractivity contribution in [3.8, 4) is 11.1 Å². The van der Waals surface area contributed by atoms with Gasteiger partial charge in [-0.25, -0.2) is 4.98 Å². The quantitative estimate of drug-likeness (QED) is 0.312. The summed E-state index contributed by atoms with van der Waals surface area (Å²) in [6, 6.07) is 13.2. The Kier molecular flexibility index (Phi) is 5.89. The molecule has 0 amide bonds. The normalized spacial score (nSPS) is 15.7. The number of anilines is 1. The fourth-order valence-electron chi connectivity index (χ4n) is 5.84. The van der Waals surface area contributed by atoms with Gasteiger partial charge < -0.3 is 4.90 Å². The van der Waals surface area contributed by atoms with Crippen molar-refractivity contribution in [3.05, 3.63) is 80.6 Å². The highest BCUT2D eigenvalue weighted by atomic mass is 35.5. The molecule has 0 fully saturated rings. The van der Waals surface area contributed by atoms with Crippen LogP contribution < -0.4 is 4.90 Å². The van der Waals surface area contributed by atoms with Crippen LogP contribution >= 0.6 is 11.6 Å². The lowest BCUT2D eigenvalue weighted by Gasteiger charge is -2.39. The molecule has 176 valence electrons. The Labute approximate surface area is 207 Å². The zero-order valence-electron chi connectivity index (χ0n) is 21.0. The van der Waals surface area contributed by atoms with E-state index in [1.807, 2.05) is 12.1 Å². The lowest BCUT2D eigenvalue weighted by atomic mass is 9.93. The van der Waals surface area contributed by atoms with Crippen LogP contribution in [0.4, 0.5) is 5.82 Å². The summed E-state index contributed by atoms with van der Waals surface area (Å²) in [5.41, 5.74) is 11.9. The Morgan fingerprint density at radius 1 is 0.971 bits per heavy atom. The van der Waals surface area contributed by atoms with Crippen molar-refractivity contribution >= 4 is 23.1 Å². The van der Waals surface area contributed by atoms with Gasteiger partial charge in [-0.1, -0.05) is 48.4 Å². The molecule has 1 aliphatic heterocycles. The molecule has 1 unspecified atom stereocenters. The van der Waals surface area contributed by atoms with E-state index >= 15 is 0 Å². The molecule has 0 saturated heterocycles. The Morgan fingerprint density at radius 3 is 2.38 bits per heavy atom. The first-order valence-electron chi connectivity index (χ1n) is 12.3. The van der Waals surface area contributed by atoms with Gasteiger partial charge in [-0.15, -0.1) is 0 Å². The van der Waals surface area contributed by atoms with Crippen LogP contribution in [0.5, 0.6) is 0 Å². The molecule has 0 N–H and O–H groups in total. The van der Waals surface area contributed by atoms with Gasteiger partial charge in [0.1, 0.15) is 5.82 Å². The Bertz CT molecular complexity index is 1380. The van der Waals surface area contributed by atoms with Crippen molar-refractivity contribution in [2.45, 2.75) is 73.4 Å². The monoisotopic (exact) mass is 472 g/mol. The van der Waals surface area contributed by atoms with Crippen LogP contribution in [0.3, 0.4) is 0 Å². The highest BCUT2D eigenvalue weighted by Gasteiger charge is 2.31. The summed E-state index contributed by atoms with van der Waals surface area (Å²) >= 11 is 6.34. The van der Waals surface area contributed by atoms with Gasteiger partial charge in [0.2, 0.25) is 0 Å². The Hall–Kier alpha value is -2.85. The van der Waals surface area contributed by atoms with Crippen molar-refractivity contribution < 1.29 is 0 Å². The zero-order valence-corrected chi connectivity index (χ0v) is 21.8. The molecule has 4 nitrogen and oxygen atoms in total. The van der Waals surface area contributed by atoms with Crippen molar-refractivity contribution in [2.75, 3.05) is 4.90 Å². The van der Waals surface area contributed by atoms with E-state index in [-0.39, 0.29) is 0 Å². The Morgan fingerprint density at radius 2 is 1.71 bits per heavy atom. The molecule has 0 aliphatic carbocycles. The summed E-state index contributed by atoms with van der Waals surface area (Å²) < 4.78 is 2.12. The van der Waals surface area contributed by atoms with Crippen molar-refractivity contribution in [1.29, 1.82) is 0 Å². The number of aromatic nitrogens is 3. The fourth-order valence-corrected chi connectivity index (χ4v) is 6.05. The van der Waals surface area contributed by atoms with Crippen LogP contribution in [0, 0.1) is 34.6 Å². The zero-order chi connectivity index (χ0) is 24.1. The molecule has 1 aliphatic rings. The minimum atomic E-state index is 0.451.